The second-order valence-electron chi connectivity index (χ2n) is 4.41. The van der Waals surface area contributed by atoms with Crippen molar-refractivity contribution in [3.8, 4) is 0 Å². The molecule has 0 saturated heterocycles. The Hall–Kier alpha value is -2.19. The number of nitrogens with one attached hydrogen (secondary N) is 2. The van der Waals surface area contributed by atoms with Gasteiger partial charge >= 0.3 is 0 Å². The van der Waals surface area contributed by atoms with Gasteiger partial charge in [0, 0.05) is 24.8 Å². The van der Waals surface area contributed by atoms with E-state index in [2.05, 4.69) is 25.8 Å². The Morgan fingerprint density at radius 1 is 1.40 bits per heavy atom. The van der Waals surface area contributed by atoms with Crippen LogP contribution in [0.1, 0.15) is 11.3 Å². The molecule has 4 N–H and O–H groups in total. The Labute approximate surface area is 119 Å². The van der Waals surface area contributed by atoms with Gasteiger partial charge in [0.15, 0.2) is 0 Å². The number of hydrogen-bond acceptors (Lipinski definition) is 7. The van der Waals surface area contributed by atoms with Crippen LogP contribution in [0.3, 0.4) is 0 Å². The van der Waals surface area contributed by atoms with Gasteiger partial charge in [0.25, 0.3) is 0 Å². The molecule has 0 aliphatic heterocycles. The molecule has 0 radical (unpaired) electrons. The summed E-state index contributed by atoms with van der Waals surface area (Å²) in [7, 11) is 1.93. The van der Waals surface area contributed by atoms with Gasteiger partial charge in [-0.1, -0.05) is 0 Å². The van der Waals surface area contributed by atoms with Crippen molar-refractivity contribution in [1.82, 2.24) is 19.7 Å². The van der Waals surface area contributed by atoms with Crippen LogP contribution in [0.4, 0.5) is 11.8 Å². The normalized spacial score (nSPS) is 10.9. The van der Waals surface area contributed by atoms with Crippen molar-refractivity contribution in [3.63, 3.8) is 0 Å². The first-order valence-electron chi connectivity index (χ1n) is 6.12. The molecule has 20 heavy (non-hydrogen) atoms. The summed E-state index contributed by atoms with van der Waals surface area (Å²) in [5.41, 5.74) is 4.76. The highest BCUT2D eigenvalue weighted by Gasteiger charge is 2.09. The molecule has 0 spiro atoms. The lowest BCUT2D eigenvalue weighted by Crippen LogP contribution is -2.12. The summed E-state index contributed by atoms with van der Waals surface area (Å²) in [5, 5.41) is 10.5. The maximum atomic E-state index is 5.40. The predicted molar refractivity (Wildman–Crippen MR) is 80.5 cm³/mol. The molecule has 0 saturated carbocycles. The van der Waals surface area contributed by atoms with Crippen LogP contribution in [0.25, 0.3) is 10.2 Å². The largest absolute Gasteiger partial charge is 0.365 e. The number of hydrogen-bond donors (Lipinski definition) is 3. The molecule has 3 aromatic rings. The average molecular weight is 289 g/mol. The first-order valence-corrected chi connectivity index (χ1v) is 7.00. The summed E-state index contributed by atoms with van der Waals surface area (Å²) in [6.07, 6.45) is 1.86. The molecule has 7 nitrogen and oxygen atoms in total. The molecule has 3 heterocycles. The summed E-state index contributed by atoms with van der Waals surface area (Å²) in [4.78, 5) is 9.57. The SMILES string of the molecule is Cc1c(CNc2nc(NN)nc3sccc23)cnn1C. The van der Waals surface area contributed by atoms with Crippen LogP contribution in [-0.2, 0) is 13.6 Å². The molecular formula is C12H15N7S. The third kappa shape index (κ3) is 2.19. The first-order chi connectivity index (χ1) is 9.69. The fourth-order valence-corrected chi connectivity index (χ4v) is 2.72. The number of anilines is 2. The monoisotopic (exact) mass is 289 g/mol. The van der Waals surface area contributed by atoms with Gasteiger partial charge in [-0.25, -0.2) is 10.8 Å². The van der Waals surface area contributed by atoms with Gasteiger partial charge in [0.2, 0.25) is 5.95 Å². The minimum Gasteiger partial charge on any atom is -0.365 e. The highest BCUT2D eigenvalue weighted by atomic mass is 32.1. The number of hydrazine groups is 1. The molecule has 0 fully saturated rings. The van der Waals surface area contributed by atoms with E-state index in [-0.39, 0.29) is 0 Å². The van der Waals surface area contributed by atoms with Crippen LogP contribution >= 0.6 is 11.3 Å². The number of nitrogen functional groups attached to an aromatic ring is 1. The van der Waals surface area contributed by atoms with Crippen LogP contribution in [-0.4, -0.2) is 19.7 Å². The molecule has 0 aromatic carbocycles. The van der Waals surface area contributed by atoms with Gasteiger partial charge in [0.1, 0.15) is 10.6 Å². The lowest BCUT2D eigenvalue weighted by Gasteiger charge is -2.08. The number of nitrogens with zero attached hydrogens (tertiary/aromatic N) is 4. The van der Waals surface area contributed by atoms with Gasteiger partial charge < -0.3 is 5.32 Å². The molecule has 3 rings (SSSR count). The van der Waals surface area contributed by atoms with Crippen molar-refractivity contribution in [3.05, 3.63) is 28.9 Å². The van der Waals surface area contributed by atoms with E-state index < -0.39 is 0 Å². The average Bonchev–Trinajstić information content (AvgIpc) is 3.05. The zero-order chi connectivity index (χ0) is 14.1. The van der Waals surface area contributed by atoms with Crippen molar-refractivity contribution in [2.24, 2.45) is 12.9 Å². The van der Waals surface area contributed by atoms with Gasteiger partial charge in [-0.15, -0.1) is 11.3 Å². The van der Waals surface area contributed by atoms with Crippen LogP contribution in [0, 0.1) is 6.92 Å². The van der Waals surface area contributed by atoms with E-state index >= 15 is 0 Å². The zero-order valence-electron chi connectivity index (χ0n) is 11.2. The molecule has 8 heteroatoms. The predicted octanol–water partition coefficient (Wildman–Crippen LogP) is 1.63. The second kappa shape index (κ2) is 5.06. The van der Waals surface area contributed by atoms with Crippen LogP contribution < -0.4 is 16.6 Å². The van der Waals surface area contributed by atoms with E-state index in [0.717, 1.165) is 27.3 Å². The van der Waals surface area contributed by atoms with Gasteiger partial charge in [-0.05, 0) is 18.4 Å². The lowest BCUT2D eigenvalue weighted by atomic mass is 10.2. The van der Waals surface area contributed by atoms with E-state index in [1.165, 1.54) is 0 Å². The maximum Gasteiger partial charge on any atom is 0.240 e. The Morgan fingerprint density at radius 3 is 2.95 bits per heavy atom. The number of rotatable bonds is 4. The van der Waals surface area contributed by atoms with Gasteiger partial charge in [-0.2, -0.15) is 10.1 Å². The van der Waals surface area contributed by atoms with Gasteiger partial charge in [0.05, 0.1) is 11.6 Å². The molecule has 104 valence electrons. The number of thiophene rings is 1. The van der Waals surface area contributed by atoms with Crippen molar-refractivity contribution in [2.45, 2.75) is 13.5 Å². The third-order valence-corrected chi connectivity index (χ3v) is 4.04. The molecule has 0 aliphatic carbocycles. The minimum atomic E-state index is 0.408. The summed E-state index contributed by atoms with van der Waals surface area (Å²) in [5.74, 6) is 6.58. The number of nitrogens with two attached hydrogens (primary N) is 1. The highest BCUT2D eigenvalue weighted by Crippen LogP contribution is 2.26. The van der Waals surface area contributed by atoms with Crippen molar-refractivity contribution in [2.75, 3.05) is 10.7 Å². The summed E-state index contributed by atoms with van der Waals surface area (Å²) in [6.45, 7) is 2.70. The summed E-state index contributed by atoms with van der Waals surface area (Å²) >= 11 is 1.56. The van der Waals surface area contributed by atoms with Gasteiger partial charge in [-0.3, -0.25) is 10.1 Å². The Kier molecular flexibility index (Phi) is 3.25. The molecule has 0 aliphatic rings. The van der Waals surface area contributed by atoms with E-state index in [1.54, 1.807) is 11.3 Å². The first kappa shape index (κ1) is 12.8. The minimum absolute atomic E-state index is 0.408. The van der Waals surface area contributed by atoms with Crippen LogP contribution in [0.15, 0.2) is 17.6 Å². The van der Waals surface area contributed by atoms with Crippen molar-refractivity contribution >= 4 is 33.3 Å². The lowest BCUT2D eigenvalue weighted by molar-refractivity contribution is 0.738. The topological polar surface area (TPSA) is 93.7 Å². The van der Waals surface area contributed by atoms with Crippen molar-refractivity contribution < 1.29 is 0 Å². The number of fused-ring (bicyclic) bond motifs is 1. The number of aryl methyl sites for hydroxylation is 1. The Morgan fingerprint density at radius 2 is 2.25 bits per heavy atom. The van der Waals surface area contributed by atoms with Crippen LogP contribution in [0.5, 0.6) is 0 Å². The summed E-state index contributed by atoms with van der Waals surface area (Å²) < 4.78 is 1.85. The van der Waals surface area contributed by atoms with E-state index in [1.807, 2.05) is 36.3 Å². The Bertz CT molecular complexity index is 745. The molecule has 0 amide bonds. The van der Waals surface area contributed by atoms with E-state index in [4.69, 9.17) is 5.84 Å². The molecule has 0 bridgehead atoms. The molecule has 0 atom stereocenters. The standard InChI is InChI=1S/C12H15N7S/c1-7-8(6-15-19(7)2)5-14-10-9-3-4-20-11(9)17-12(16-10)18-13/h3-4,6H,5,13H2,1-2H3,(H2,14,16,17,18). The van der Waals surface area contributed by atoms with Crippen molar-refractivity contribution in [1.29, 1.82) is 0 Å². The molecule has 0 unspecified atom stereocenters. The maximum absolute atomic E-state index is 5.40. The second-order valence-corrected chi connectivity index (χ2v) is 5.31. The van der Waals surface area contributed by atoms with E-state index in [0.29, 0.717) is 12.5 Å². The highest BCUT2D eigenvalue weighted by molar-refractivity contribution is 7.16. The van der Waals surface area contributed by atoms with Crippen LogP contribution in [0.2, 0.25) is 0 Å². The summed E-state index contributed by atoms with van der Waals surface area (Å²) in [6, 6.07) is 2.00. The fourth-order valence-electron chi connectivity index (χ4n) is 1.95. The van der Waals surface area contributed by atoms with E-state index in [9.17, 15) is 0 Å². The zero-order valence-corrected chi connectivity index (χ0v) is 12.0. The Balaban J connectivity index is 1.90. The molecular weight excluding hydrogens is 274 g/mol. The smallest absolute Gasteiger partial charge is 0.240 e. The molecule has 3 aromatic heterocycles. The third-order valence-electron chi connectivity index (χ3n) is 3.24. The quantitative estimate of drug-likeness (QED) is 0.499. The fraction of sp³-hybridized carbons (Fsp3) is 0.250. The number of aromatic nitrogens is 4.